The van der Waals surface area contributed by atoms with Crippen LogP contribution >= 0.6 is 0 Å². The normalized spacial score (nSPS) is 14.5. The minimum atomic E-state index is -2.09. The molecule has 1 aliphatic rings. The number of para-hydroxylation sites is 1. The predicted molar refractivity (Wildman–Crippen MR) is 469 cm³/mol. The second-order valence-electron chi connectivity index (χ2n) is 35.8. The zero-order valence-corrected chi connectivity index (χ0v) is 73.9. The van der Waals surface area contributed by atoms with Gasteiger partial charge < -0.3 is 9.80 Å². The van der Waals surface area contributed by atoms with Gasteiger partial charge in [-0.25, -0.2) is 18.3 Å². The standard InChI is InChI=1S/C24H36N.2C23H34N.C20H28N.C12H16N2/c1-10-23(5,6)20-15-22(19-13-12-17(3)14-18(19)4)25(9)16-21(20)24(7,8)11-2;2*1-9-22(4,5)19-15-21(18-14-12-11-13-17(18)3)24(8)16-20(19)23(6,7)10-2;1-8-20(5,6)18-13-21(7)19(12-16(18)4)17-10-9-14(2)11-15(17)3;1-10-6-4-5-7-12(10)14-9-8-13(3)11(14)2/h12-16H,10-11H2,1-9H3;2*11-16H,9-10H2,1-8H3;9-13H,8H2,1-7H3;4-9,11H,1-3H3/q4*+1;/t;;;;11-/m....0/s1/i3D3;;;;3D3. The van der Waals surface area contributed by atoms with Crippen LogP contribution in [0.5, 0.6) is 0 Å². The fraction of sp³-hybridized carbons (Fsp3) is 0.490. The zero-order chi connectivity index (χ0) is 86.1. The third-order valence-corrected chi connectivity index (χ3v) is 25.2. The lowest BCUT2D eigenvalue weighted by molar-refractivity contribution is -0.661. The van der Waals surface area contributed by atoms with E-state index in [0.29, 0.717) is 5.56 Å². The summed E-state index contributed by atoms with van der Waals surface area (Å²) in [4.78, 5) is 3.36. The highest BCUT2D eigenvalue weighted by atomic mass is 15.4. The number of nitrogens with zero attached hydrogens (tertiary/aromatic N) is 6. The first-order chi connectivity index (χ1) is 52.7. The maximum Gasteiger partial charge on any atom is 0.212 e. The van der Waals surface area contributed by atoms with Crippen LogP contribution in [0.4, 0.5) is 5.69 Å². The van der Waals surface area contributed by atoms with Crippen LogP contribution < -0.4 is 23.2 Å². The Balaban J connectivity index is 0.000000224. The van der Waals surface area contributed by atoms with Gasteiger partial charge in [-0.3, -0.25) is 0 Å². The molecule has 1 atom stereocenters. The number of benzene rings is 5. The van der Waals surface area contributed by atoms with Crippen molar-refractivity contribution in [1.29, 1.82) is 0 Å². The summed E-state index contributed by atoms with van der Waals surface area (Å²) in [7, 11) is 8.60. The predicted octanol–water partition coefficient (Wildman–Crippen LogP) is 25.2. The molecule has 1 aliphatic heterocycles. The molecular weight excluding hydrogens is 1310 g/mol. The molecule has 108 heavy (non-hydrogen) atoms. The highest BCUT2D eigenvalue weighted by molar-refractivity contribution is 5.66. The number of hydrogen-bond donors (Lipinski definition) is 0. The lowest BCUT2D eigenvalue weighted by Gasteiger charge is -2.32. The summed E-state index contributed by atoms with van der Waals surface area (Å²) in [6.45, 7) is 61.5. The average molecular weight is 1460 g/mol. The number of rotatable bonds is 19. The Morgan fingerprint density at radius 2 is 0.611 bits per heavy atom. The molecule has 5 aromatic carbocycles. The minimum absolute atomic E-state index is 0.0668. The first-order valence-corrected chi connectivity index (χ1v) is 40.5. The third kappa shape index (κ3) is 20.7. The fourth-order valence-electron chi connectivity index (χ4n) is 14.5. The maximum atomic E-state index is 7.67. The molecule has 0 amide bonds. The summed E-state index contributed by atoms with van der Waals surface area (Å²) >= 11 is 0. The van der Waals surface area contributed by atoms with E-state index in [0.717, 1.165) is 73.0 Å². The van der Waals surface area contributed by atoms with Crippen LogP contribution in [0.25, 0.3) is 45.0 Å². The number of aryl methyl sites for hydroxylation is 12. The van der Waals surface area contributed by atoms with E-state index in [2.05, 4.69) is 342 Å². The smallest absolute Gasteiger partial charge is 0.212 e. The van der Waals surface area contributed by atoms with Gasteiger partial charge in [0.2, 0.25) is 22.8 Å². The Kier molecular flexibility index (Phi) is 26.7. The number of pyridine rings is 4. The van der Waals surface area contributed by atoms with Crippen LogP contribution in [0, 0.1) is 55.3 Å². The van der Waals surface area contributed by atoms with E-state index >= 15 is 0 Å². The van der Waals surface area contributed by atoms with E-state index < -0.39 is 13.8 Å². The monoisotopic (exact) mass is 1460 g/mol. The fourth-order valence-corrected chi connectivity index (χ4v) is 14.5. The highest BCUT2D eigenvalue weighted by Crippen LogP contribution is 2.43. The van der Waals surface area contributed by atoms with Gasteiger partial charge in [-0.05, 0) is 225 Å². The van der Waals surface area contributed by atoms with Gasteiger partial charge in [0.15, 0.2) is 24.8 Å². The molecule has 0 radical (unpaired) electrons. The number of aromatic nitrogens is 4. The maximum absolute atomic E-state index is 7.67. The van der Waals surface area contributed by atoms with Gasteiger partial charge in [0.25, 0.3) is 0 Å². The van der Waals surface area contributed by atoms with Crippen molar-refractivity contribution >= 4 is 5.69 Å². The van der Waals surface area contributed by atoms with Crippen LogP contribution in [0.3, 0.4) is 0 Å². The van der Waals surface area contributed by atoms with Crippen LogP contribution in [-0.4, -0.2) is 18.0 Å². The summed E-state index contributed by atoms with van der Waals surface area (Å²) in [5, 5.41) is 0. The molecule has 582 valence electrons. The Morgan fingerprint density at radius 1 is 0.315 bits per heavy atom. The van der Waals surface area contributed by atoms with Gasteiger partial charge in [-0.2, -0.15) is 0 Å². The Morgan fingerprint density at radius 3 is 0.935 bits per heavy atom. The van der Waals surface area contributed by atoms with E-state index in [1.54, 1.807) is 18.3 Å². The molecule has 10 rings (SSSR count). The molecular formula is C102H148N6+4. The van der Waals surface area contributed by atoms with Crippen LogP contribution in [0.15, 0.2) is 171 Å². The van der Waals surface area contributed by atoms with E-state index in [4.69, 9.17) is 8.22 Å². The second-order valence-corrected chi connectivity index (χ2v) is 35.8. The topological polar surface area (TPSA) is 22.0 Å². The van der Waals surface area contributed by atoms with Crippen LogP contribution in [-0.2, 0) is 66.1 Å². The van der Waals surface area contributed by atoms with Crippen molar-refractivity contribution in [3.05, 3.63) is 254 Å². The molecule has 6 heteroatoms. The molecule has 0 saturated heterocycles. The summed E-state index contributed by atoms with van der Waals surface area (Å²) < 4.78 is 54.5. The Bertz CT molecular complexity index is 4680. The van der Waals surface area contributed by atoms with Crippen molar-refractivity contribution in [1.82, 2.24) is 4.90 Å². The molecule has 0 aliphatic carbocycles. The quantitative estimate of drug-likeness (QED) is 0.0753. The first-order valence-electron chi connectivity index (χ1n) is 43.5. The summed E-state index contributed by atoms with van der Waals surface area (Å²) in [5.74, 6) is 0. The molecule has 0 N–H and O–H groups in total. The lowest BCUT2D eigenvalue weighted by Crippen LogP contribution is -2.37. The van der Waals surface area contributed by atoms with Crippen molar-refractivity contribution in [3.63, 3.8) is 0 Å². The SMILES string of the molecule is CCC(C)(C)c1c[n+](C)c(-c2ccc(C)cc2C)cc1C.CCC(C)(C)c1cc(-c2ccccc2C)[n+](C)cc1C(C)(C)CC.CCC(C)(C)c1cc(-c2ccccc2C)[n+](C)cc1C(C)(C)CC.[2H]C([2H])([2H])N1C=CN(c2ccccc2C)[C@H]1C.[2H]C([2H])([2H])c1ccc(-c2cc(C(C)(C)CC)c(C(C)(C)CC)c[n+]2C)c(C)c1. The Hall–Kier alpha value is -7.96. The second kappa shape index (κ2) is 36.3. The first kappa shape index (κ1) is 79.6. The molecule has 0 saturated carbocycles. The molecule has 0 spiro atoms. The van der Waals surface area contributed by atoms with Crippen molar-refractivity contribution in [2.24, 2.45) is 28.2 Å². The highest BCUT2D eigenvalue weighted by Gasteiger charge is 2.37. The molecule has 0 unspecified atom stereocenters. The van der Waals surface area contributed by atoms with E-state index in [1.165, 1.54) is 105 Å². The largest absolute Gasteiger partial charge is 0.359 e. The minimum Gasteiger partial charge on any atom is -0.359 e. The number of anilines is 1. The van der Waals surface area contributed by atoms with Gasteiger partial charge in [-0.15, -0.1) is 0 Å². The van der Waals surface area contributed by atoms with Gasteiger partial charge in [-0.1, -0.05) is 235 Å². The van der Waals surface area contributed by atoms with E-state index in [1.807, 2.05) is 62.2 Å². The molecule has 5 heterocycles. The molecule has 6 nitrogen and oxygen atoms in total. The molecule has 4 aromatic heterocycles. The summed E-state index contributed by atoms with van der Waals surface area (Å²) in [6, 6.07) is 47.1. The summed E-state index contributed by atoms with van der Waals surface area (Å²) in [5.41, 5.74) is 31.7. The van der Waals surface area contributed by atoms with Crippen LogP contribution in [0.2, 0.25) is 0 Å². The molecule has 0 fully saturated rings. The summed E-state index contributed by atoms with van der Waals surface area (Å²) in [6.07, 6.45) is 20.4. The van der Waals surface area contributed by atoms with Crippen molar-refractivity contribution in [2.45, 2.75) is 297 Å². The third-order valence-electron chi connectivity index (χ3n) is 25.2. The van der Waals surface area contributed by atoms with E-state index in [-0.39, 0.29) is 44.1 Å². The van der Waals surface area contributed by atoms with Crippen molar-refractivity contribution < 1.29 is 26.5 Å². The lowest BCUT2D eigenvalue weighted by atomic mass is 9.71. The zero-order valence-electron chi connectivity index (χ0n) is 79.9. The van der Waals surface area contributed by atoms with Gasteiger partial charge in [0.1, 0.15) is 34.4 Å². The van der Waals surface area contributed by atoms with Gasteiger partial charge in [0, 0.05) is 102 Å². The van der Waals surface area contributed by atoms with Crippen LogP contribution in [0.1, 0.15) is 289 Å². The number of hydrogen-bond acceptors (Lipinski definition) is 2. The molecule has 9 aromatic rings. The molecule has 0 bridgehead atoms. The van der Waals surface area contributed by atoms with Gasteiger partial charge >= 0.3 is 0 Å². The van der Waals surface area contributed by atoms with E-state index in [9.17, 15) is 0 Å². The van der Waals surface area contributed by atoms with Crippen molar-refractivity contribution in [3.8, 4) is 45.0 Å². The van der Waals surface area contributed by atoms with Gasteiger partial charge in [0.05, 0.1) is 0 Å². The average Bonchev–Trinajstić information content (AvgIpc) is 0.918. The Labute approximate surface area is 669 Å². The van der Waals surface area contributed by atoms with Crippen molar-refractivity contribution in [2.75, 3.05) is 11.9 Å².